The number of carbonyl (C=O) groups is 1. The van der Waals surface area contributed by atoms with Crippen molar-refractivity contribution in [1.29, 1.82) is 0 Å². The minimum atomic E-state index is 0.0659. The lowest BCUT2D eigenvalue weighted by Crippen LogP contribution is -2.38. The number of methoxy groups -OCH3 is 1. The van der Waals surface area contributed by atoms with E-state index < -0.39 is 0 Å². The maximum atomic E-state index is 13.3. The highest BCUT2D eigenvalue weighted by molar-refractivity contribution is 7.99. The summed E-state index contributed by atoms with van der Waals surface area (Å²) in [6.45, 7) is 3.55. The molecule has 0 unspecified atom stereocenters. The topological polar surface area (TPSA) is 42.4 Å². The Balaban J connectivity index is 1.46. The van der Waals surface area contributed by atoms with Gasteiger partial charge in [-0.3, -0.25) is 4.79 Å². The smallest absolute Gasteiger partial charge is 0.256 e. The summed E-state index contributed by atoms with van der Waals surface area (Å²) in [7, 11) is 1.72. The molecular weight excluding hydrogens is 392 g/mol. The van der Waals surface area contributed by atoms with Gasteiger partial charge in [-0.1, -0.05) is 47.7 Å². The van der Waals surface area contributed by atoms with Crippen LogP contribution < -0.4 is 4.74 Å². The van der Waals surface area contributed by atoms with Crippen LogP contribution in [-0.4, -0.2) is 36.0 Å². The van der Waals surface area contributed by atoms with Crippen LogP contribution in [0.5, 0.6) is 5.75 Å². The lowest BCUT2D eigenvalue weighted by Gasteiger charge is -2.33. The van der Waals surface area contributed by atoms with Gasteiger partial charge in [-0.25, -0.2) is 4.98 Å². The summed E-state index contributed by atoms with van der Waals surface area (Å²) in [6, 6.07) is 20.2. The molecule has 0 saturated carbocycles. The van der Waals surface area contributed by atoms with Gasteiger partial charge in [0.15, 0.2) is 0 Å². The summed E-state index contributed by atoms with van der Waals surface area (Å²) >= 11 is 1.54. The Bertz CT molecular complexity index is 1010. The largest absolute Gasteiger partial charge is 0.496 e. The molecule has 5 heteroatoms. The van der Waals surface area contributed by atoms with E-state index in [0.29, 0.717) is 11.5 Å². The molecule has 0 bridgehead atoms. The average Bonchev–Trinajstić information content (AvgIpc) is 2.80. The van der Waals surface area contributed by atoms with Crippen molar-refractivity contribution in [2.75, 3.05) is 20.2 Å². The average molecular weight is 419 g/mol. The molecule has 0 N–H and O–H groups in total. The zero-order valence-corrected chi connectivity index (χ0v) is 18.2. The van der Waals surface area contributed by atoms with Crippen LogP contribution in [0.4, 0.5) is 0 Å². The van der Waals surface area contributed by atoms with Gasteiger partial charge in [-0.2, -0.15) is 0 Å². The Morgan fingerprint density at radius 1 is 1.03 bits per heavy atom. The number of ether oxygens (including phenoxy) is 1. The van der Waals surface area contributed by atoms with Gasteiger partial charge < -0.3 is 9.64 Å². The molecule has 4 rings (SSSR count). The maximum Gasteiger partial charge on any atom is 0.256 e. The number of carbonyl (C=O) groups excluding carboxylic acids is 1. The van der Waals surface area contributed by atoms with E-state index in [1.165, 1.54) is 11.1 Å². The number of rotatable bonds is 5. The fourth-order valence-corrected chi connectivity index (χ4v) is 4.79. The molecule has 1 amide bonds. The van der Waals surface area contributed by atoms with E-state index in [1.54, 1.807) is 25.1 Å². The summed E-state index contributed by atoms with van der Waals surface area (Å²) < 4.78 is 5.53. The lowest BCUT2D eigenvalue weighted by atomic mass is 9.88. The standard InChI is InChI=1S/C25H26N2O2S/c1-18-9-11-20(12-10-18)30-24-22(7-5-15-26-24)25(28)27-16-13-19(14-17-27)21-6-3-4-8-23(21)29-2/h3-12,15,19H,13-14,16-17H2,1-2H3. The van der Waals surface area contributed by atoms with Gasteiger partial charge in [-0.05, 0) is 61.6 Å². The van der Waals surface area contributed by atoms with Crippen molar-refractivity contribution in [2.24, 2.45) is 0 Å². The van der Waals surface area contributed by atoms with E-state index in [9.17, 15) is 4.79 Å². The second-order valence-electron chi connectivity index (χ2n) is 7.58. The number of para-hydroxylation sites is 1. The molecule has 1 aliphatic heterocycles. The number of piperidine rings is 1. The summed E-state index contributed by atoms with van der Waals surface area (Å²) in [4.78, 5) is 20.8. The number of likely N-dealkylation sites (tertiary alicyclic amines) is 1. The van der Waals surface area contributed by atoms with E-state index in [4.69, 9.17) is 4.74 Å². The van der Waals surface area contributed by atoms with E-state index >= 15 is 0 Å². The molecule has 0 radical (unpaired) electrons. The third-order valence-corrected chi connectivity index (χ3v) is 6.62. The Hall–Kier alpha value is -2.79. The van der Waals surface area contributed by atoms with Crippen LogP contribution in [0.2, 0.25) is 0 Å². The number of hydrogen-bond acceptors (Lipinski definition) is 4. The van der Waals surface area contributed by atoms with Crippen LogP contribution in [0.3, 0.4) is 0 Å². The van der Waals surface area contributed by atoms with E-state index in [-0.39, 0.29) is 5.91 Å². The van der Waals surface area contributed by atoms with Crippen LogP contribution in [-0.2, 0) is 0 Å². The van der Waals surface area contributed by atoms with Gasteiger partial charge >= 0.3 is 0 Å². The van der Waals surface area contributed by atoms with Gasteiger partial charge in [0.25, 0.3) is 5.91 Å². The third-order valence-electron chi connectivity index (χ3n) is 5.60. The minimum Gasteiger partial charge on any atom is -0.496 e. The fourth-order valence-electron chi connectivity index (χ4n) is 3.92. The van der Waals surface area contributed by atoms with Crippen molar-refractivity contribution in [3.63, 3.8) is 0 Å². The highest BCUT2D eigenvalue weighted by atomic mass is 32.2. The maximum absolute atomic E-state index is 13.3. The Morgan fingerprint density at radius 2 is 1.77 bits per heavy atom. The highest BCUT2D eigenvalue weighted by Gasteiger charge is 2.27. The number of nitrogens with zero attached hydrogens (tertiary/aromatic N) is 2. The monoisotopic (exact) mass is 418 g/mol. The number of amides is 1. The number of aromatic nitrogens is 1. The molecule has 1 fully saturated rings. The lowest BCUT2D eigenvalue weighted by molar-refractivity contribution is 0.0708. The fraction of sp³-hybridized carbons (Fsp3) is 0.280. The summed E-state index contributed by atoms with van der Waals surface area (Å²) in [6.07, 6.45) is 3.63. The van der Waals surface area contributed by atoms with Crippen LogP contribution in [0, 0.1) is 6.92 Å². The van der Waals surface area contributed by atoms with Crippen molar-refractivity contribution < 1.29 is 9.53 Å². The van der Waals surface area contributed by atoms with Crippen LogP contribution in [0.1, 0.15) is 40.2 Å². The van der Waals surface area contributed by atoms with Crippen molar-refractivity contribution >= 4 is 17.7 Å². The second-order valence-corrected chi connectivity index (χ2v) is 8.64. The summed E-state index contributed by atoms with van der Waals surface area (Å²) in [5.41, 5.74) is 3.14. The van der Waals surface area contributed by atoms with E-state index in [1.807, 2.05) is 29.2 Å². The van der Waals surface area contributed by atoms with Gasteiger partial charge in [-0.15, -0.1) is 0 Å². The summed E-state index contributed by atoms with van der Waals surface area (Å²) in [5.74, 6) is 1.42. The normalized spacial score (nSPS) is 14.5. The Kier molecular flexibility index (Phi) is 6.38. The molecule has 1 saturated heterocycles. The van der Waals surface area contributed by atoms with Gasteiger partial charge in [0.05, 0.1) is 12.7 Å². The highest BCUT2D eigenvalue weighted by Crippen LogP contribution is 2.35. The number of pyridine rings is 1. The first-order chi connectivity index (χ1) is 14.7. The number of aryl methyl sites for hydroxylation is 1. The summed E-state index contributed by atoms with van der Waals surface area (Å²) in [5, 5.41) is 0.762. The molecule has 2 aromatic carbocycles. The van der Waals surface area contributed by atoms with Crippen molar-refractivity contribution in [3.05, 3.63) is 83.6 Å². The van der Waals surface area contributed by atoms with E-state index in [2.05, 4.69) is 48.3 Å². The molecule has 4 nitrogen and oxygen atoms in total. The molecule has 2 heterocycles. The van der Waals surface area contributed by atoms with Crippen LogP contribution >= 0.6 is 11.8 Å². The number of benzene rings is 2. The first-order valence-corrected chi connectivity index (χ1v) is 11.1. The zero-order chi connectivity index (χ0) is 20.9. The van der Waals surface area contributed by atoms with Crippen LogP contribution in [0.15, 0.2) is 76.8 Å². The molecule has 0 aliphatic carbocycles. The first kappa shape index (κ1) is 20.5. The van der Waals surface area contributed by atoms with Crippen molar-refractivity contribution in [1.82, 2.24) is 9.88 Å². The Labute approximate surface area is 182 Å². The second kappa shape index (κ2) is 9.35. The quantitative estimate of drug-likeness (QED) is 0.543. The first-order valence-electron chi connectivity index (χ1n) is 10.3. The van der Waals surface area contributed by atoms with Gasteiger partial charge in [0, 0.05) is 24.2 Å². The molecule has 3 aromatic rings. The SMILES string of the molecule is COc1ccccc1C1CCN(C(=O)c2cccnc2Sc2ccc(C)cc2)CC1. The molecule has 30 heavy (non-hydrogen) atoms. The predicted octanol–water partition coefficient (Wildman–Crippen LogP) is 5.57. The van der Waals surface area contributed by atoms with Crippen LogP contribution in [0.25, 0.3) is 0 Å². The zero-order valence-electron chi connectivity index (χ0n) is 17.4. The molecule has 154 valence electrons. The van der Waals surface area contributed by atoms with Crippen molar-refractivity contribution in [3.8, 4) is 5.75 Å². The molecular formula is C25H26N2O2S. The molecule has 0 spiro atoms. The van der Waals surface area contributed by atoms with E-state index in [0.717, 1.165) is 41.6 Å². The third kappa shape index (κ3) is 4.51. The minimum absolute atomic E-state index is 0.0659. The Morgan fingerprint density at radius 3 is 2.50 bits per heavy atom. The molecule has 1 aliphatic rings. The molecule has 1 aromatic heterocycles. The predicted molar refractivity (Wildman–Crippen MR) is 120 cm³/mol. The van der Waals surface area contributed by atoms with Crippen molar-refractivity contribution in [2.45, 2.75) is 35.6 Å². The molecule has 0 atom stereocenters. The van der Waals surface area contributed by atoms with Gasteiger partial charge in [0.2, 0.25) is 0 Å². The van der Waals surface area contributed by atoms with Gasteiger partial charge in [0.1, 0.15) is 10.8 Å². The number of hydrogen-bond donors (Lipinski definition) is 0.